The Morgan fingerprint density at radius 1 is 1.10 bits per heavy atom. The van der Waals surface area contributed by atoms with Gasteiger partial charge in [-0.2, -0.15) is 0 Å². The Hall–Kier alpha value is -0.900. The molecule has 3 nitrogen and oxygen atoms in total. The van der Waals surface area contributed by atoms with Crippen LogP contribution in [0.4, 0.5) is 0 Å². The van der Waals surface area contributed by atoms with Crippen molar-refractivity contribution in [2.45, 2.75) is 43.9 Å². The molecule has 2 heterocycles. The third-order valence-electron chi connectivity index (χ3n) is 5.44. The van der Waals surface area contributed by atoms with Gasteiger partial charge in [0.05, 0.1) is 12.2 Å². The molecule has 1 N–H and O–H groups in total. The van der Waals surface area contributed by atoms with E-state index in [9.17, 15) is 0 Å². The van der Waals surface area contributed by atoms with Crippen LogP contribution in [0.3, 0.4) is 0 Å². The molecule has 108 valence electrons. The van der Waals surface area contributed by atoms with Crippen LogP contribution in [0.1, 0.15) is 36.8 Å². The van der Waals surface area contributed by atoms with Crippen LogP contribution in [0.25, 0.3) is 0 Å². The average Bonchev–Trinajstić information content (AvgIpc) is 2.88. The van der Waals surface area contributed by atoms with Gasteiger partial charge in [0.2, 0.25) is 0 Å². The molecule has 0 unspecified atom stereocenters. The van der Waals surface area contributed by atoms with Crippen molar-refractivity contribution >= 4 is 0 Å². The zero-order valence-corrected chi connectivity index (χ0v) is 12.1. The SMILES string of the molecule is c1ccc2c(c1)COC21CCC(N2CCNCC2)CC1. The molecule has 1 spiro atoms. The third kappa shape index (κ3) is 2.09. The molecule has 1 aromatic rings. The quantitative estimate of drug-likeness (QED) is 0.848. The highest BCUT2D eigenvalue weighted by molar-refractivity contribution is 5.35. The highest BCUT2D eigenvalue weighted by Gasteiger charge is 2.43. The zero-order chi connectivity index (χ0) is 13.4. The molecular formula is C17H24N2O. The lowest BCUT2D eigenvalue weighted by Gasteiger charge is -2.43. The van der Waals surface area contributed by atoms with E-state index in [1.807, 2.05) is 0 Å². The molecule has 1 aromatic carbocycles. The maximum Gasteiger partial charge on any atom is 0.0940 e. The normalized spacial score (nSPS) is 34.3. The van der Waals surface area contributed by atoms with Gasteiger partial charge in [0.1, 0.15) is 0 Å². The summed E-state index contributed by atoms with van der Waals surface area (Å²) >= 11 is 0. The van der Waals surface area contributed by atoms with Crippen LogP contribution in [0.2, 0.25) is 0 Å². The summed E-state index contributed by atoms with van der Waals surface area (Å²) in [6, 6.07) is 9.59. The Labute approximate surface area is 121 Å². The van der Waals surface area contributed by atoms with Crippen LogP contribution in [-0.4, -0.2) is 37.1 Å². The Morgan fingerprint density at radius 3 is 2.65 bits per heavy atom. The van der Waals surface area contributed by atoms with Crippen molar-refractivity contribution in [3.8, 4) is 0 Å². The minimum atomic E-state index is 0.0428. The summed E-state index contributed by atoms with van der Waals surface area (Å²) in [7, 11) is 0. The second kappa shape index (κ2) is 5.14. The second-order valence-electron chi connectivity index (χ2n) is 6.46. The molecule has 0 atom stereocenters. The number of nitrogens with zero attached hydrogens (tertiary/aromatic N) is 1. The highest BCUT2D eigenvalue weighted by Crippen LogP contribution is 2.47. The number of nitrogens with one attached hydrogen (secondary N) is 1. The van der Waals surface area contributed by atoms with Crippen LogP contribution >= 0.6 is 0 Å². The van der Waals surface area contributed by atoms with Gasteiger partial charge in [-0.15, -0.1) is 0 Å². The molecule has 2 fully saturated rings. The van der Waals surface area contributed by atoms with Crippen LogP contribution in [0.5, 0.6) is 0 Å². The van der Waals surface area contributed by atoms with Gasteiger partial charge in [-0.1, -0.05) is 24.3 Å². The molecular weight excluding hydrogens is 248 g/mol. The summed E-state index contributed by atoms with van der Waals surface area (Å²) in [5.74, 6) is 0. The van der Waals surface area contributed by atoms with Gasteiger partial charge in [0.15, 0.2) is 0 Å². The smallest absolute Gasteiger partial charge is 0.0940 e. The standard InChI is InChI=1S/C17H24N2O/c1-2-4-16-14(3-1)13-20-17(16)7-5-15(6-8-17)19-11-9-18-10-12-19/h1-4,15,18H,5-13H2. The first-order valence-corrected chi connectivity index (χ1v) is 8.05. The van der Waals surface area contributed by atoms with Crippen LogP contribution in [0.15, 0.2) is 24.3 Å². The van der Waals surface area contributed by atoms with Crippen molar-refractivity contribution in [2.24, 2.45) is 0 Å². The van der Waals surface area contributed by atoms with E-state index in [4.69, 9.17) is 4.74 Å². The topological polar surface area (TPSA) is 24.5 Å². The first-order valence-electron chi connectivity index (χ1n) is 8.05. The van der Waals surface area contributed by atoms with Gasteiger partial charge >= 0.3 is 0 Å². The van der Waals surface area contributed by atoms with Crippen molar-refractivity contribution in [1.29, 1.82) is 0 Å². The summed E-state index contributed by atoms with van der Waals surface area (Å²) in [6.07, 6.45) is 4.96. The summed E-state index contributed by atoms with van der Waals surface area (Å²) in [5.41, 5.74) is 2.92. The van der Waals surface area contributed by atoms with E-state index in [-0.39, 0.29) is 5.60 Å². The predicted octanol–water partition coefficient (Wildman–Crippen LogP) is 2.26. The highest BCUT2D eigenvalue weighted by atomic mass is 16.5. The Bertz CT molecular complexity index is 474. The molecule has 1 aliphatic carbocycles. The van der Waals surface area contributed by atoms with Gasteiger partial charge in [-0.05, 0) is 36.8 Å². The fourth-order valence-corrected chi connectivity index (χ4v) is 4.28. The predicted molar refractivity (Wildman–Crippen MR) is 79.6 cm³/mol. The van der Waals surface area contributed by atoms with Crippen LogP contribution in [0, 0.1) is 0 Å². The summed E-state index contributed by atoms with van der Waals surface area (Å²) < 4.78 is 6.26. The summed E-state index contributed by atoms with van der Waals surface area (Å²) in [6.45, 7) is 5.56. The molecule has 0 amide bonds. The molecule has 3 heteroatoms. The molecule has 0 aromatic heterocycles. The number of rotatable bonds is 1. The summed E-state index contributed by atoms with van der Waals surface area (Å²) in [5, 5.41) is 3.45. The van der Waals surface area contributed by atoms with E-state index in [1.165, 1.54) is 49.9 Å². The van der Waals surface area contributed by atoms with Gasteiger partial charge < -0.3 is 10.1 Å². The largest absolute Gasteiger partial charge is 0.366 e. The number of fused-ring (bicyclic) bond motifs is 2. The van der Waals surface area contributed by atoms with E-state index < -0.39 is 0 Å². The minimum Gasteiger partial charge on any atom is -0.366 e. The molecule has 1 saturated carbocycles. The monoisotopic (exact) mass is 272 g/mol. The number of piperazine rings is 1. The third-order valence-corrected chi connectivity index (χ3v) is 5.44. The maximum atomic E-state index is 6.26. The lowest BCUT2D eigenvalue weighted by Crippen LogP contribution is -2.50. The van der Waals surface area contributed by atoms with Crippen molar-refractivity contribution in [3.05, 3.63) is 35.4 Å². The molecule has 3 aliphatic rings. The zero-order valence-electron chi connectivity index (χ0n) is 12.1. The average molecular weight is 272 g/mol. The Balaban J connectivity index is 1.47. The van der Waals surface area contributed by atoms with Gasteiger partial charge in [0.25, 0.3) is 0 Å². The minimum absolute atomic E-state index is 0.0428. The summed E-state index contributed by atoms with van der Waals surface area (Å²) in [4.78, 5) is 2.68. The second-order valence-corrected chi connectivity index (χ2v) is 6.46. The molecule has 4 rings (SSSR count). The number of ether oxygens (including phenoxy) is 1. The molecule has 20 heavy (non-hydrogen) atoms. The lowest BCUT2D eigenvalue weighted by molar-refractivity contribution is -0.0780. The molecule has 2 aliphatic heterocycles. The van der Waals surface area contributed by atoms with E-state index in [1.54, 1.807) is 0 Å². The molecule has 0 bridgehead atoms. The number of benzene rings is 1. The van der Waals surface area contributed by atoms with E-state index >= 15 is 0 Å². The Morgan fingerprint density at radius 2 is 1.85 bits per heavy atom. The fraction of sp³-hybridized carbons (Fsp3) is 0.647. The maximum absolute atomic E-state index is 6.26. The van der Waals surface area contributed by atoms with Crippen molar-refractivity contribution in [2.75, 3.05) is 26.2 Å². The van der Waals surface area contributed by atoms with E-state index in [2.05, 4.69) is 34.5 Å². The van der Waals surface area contributed by atoms with Gasteiger partial charge in [0, 0.05) is 32.2 Å². The van der Waals surface area contributed by atoms with Gasteiger partial charge in [-0.3, -0.25) is 4.90 Å². The number of hydrogen-bond donors (Lipinski definition) is 1. The van der Waals surface area contributed by atoms with Crippen LogP contribution < -0.4 is 5.32 Å². The Kier molecular flexibility index (Phi) is 3.29. The first kappa shape index (κ1) is 12.8. The number of hydrogen-bond acceptors (Lipinski definition) is 3. The van der Waals surface area contributed by atoms with Crippen LogP contribution in [-0.2, 0) is 16.9 Å². The van der Waals surface area contributed by atoms with Crippen molar-refractivity contribution in [3.63, 3.8) is 0 Å². The molecule has 1 saturated heterocycles. The van der Waals surface area contributed by atoms with Crippen molar-refractivity contribution in [1.82, 2.24) is 10.2 Å². The lowest BCUT2D eigenvalue weighted by atomic mass is 9.77. The molecule has 0 radical (unpaired) electrons. The first-order chi connectivity index (χ1) is 9.87. The van der Waals surface area contributed by atoms with E-state index in [0.29, 0.717) is 0 Å². The van der Waals surface area contributed by atoms with E-state index in [0.717, 1.165) is 25.7 Å². The van der Waals surface area contributed by atoms with Gasteiger partial charge in [-0.25, -0.2) is 0 Å². The fourth-order valence-electron chi connectivity index (χ4n) is 4.28. The van der Waals surface area contributed by atoms with Crippen molar-refractivity contribution < 1.29 is 4.74 Å².